The molecule has 25 valence electrons. The number of rotatable bonds is 0. The van der Waals surface area contributed by atoms with Crippen LogP contribution in [0.4, 0.5) is 0 Å². The second kappa shape index (κ2) is 9.03. The van der Waals surface area contributed by atoms with E-state index >= 15 is 0 Å². The third-order valence-electron chi connectivity index (χ3n) is 0. The molecule has 0 heterocycles. The zero-order valence-electron chi connectivity index (χ0n) is 3.28. The second-order valence-electron chi connectivity index (χ2n) is 0.577. The summed E-state index contributed by atoms with van der Waals surface area (Å²) in [6, 6.07) is 0. The monoisotopic (exact) mass is 91.0 g/mol. The predicted molar refractivity (Wildman–Crippen MR) is 28.6 cm³/mol. The summed E-state index contributed by atoms with van der Waals surface area (Å²) in [4.78, 5) is 0. The molecule has 0 aromatic rings. The summed E-state index contributed by atoms with van der Waals surface area (Å²) in [6.45, 7) is 0. The largest absolute Gasteiger partial charge is 0.191 e. The molecule has 0 bridgehead atoms. The van der Waals surface area contributed by atoms with E-state index in [1.165, 1.54) is 0 Å². The molecule has 0 aliphatic rings. The van der Waals surface area contributed by atoms with E-state index in [1.807, 2.05) is 0 Å². The molecule has 0 saturated carbocycles. The van der Waals surface area contributed by atoms with Gasteiger partial charge in [-0.2, -0.15) is 9.90 Å². The van der Waals surface area contributed by atoms with Crippen LogP contribution in [-0.2, 0) is 0 Å². The van der Waals surface area contributed by atoms with Crippen LogP contribution in [0.1, 0.15) is 0 Å². The Morgan fingerprint density at radius 1 is 1.25 bits per heavy atom. The molecule has 0 fully saturated rings. The average molecular weight is 91.0 g/mol. The zero-order valence-corrected chi connectivity index (χ0v) is 5.85. The average Bonchev–Trinajstić information content (AvgIpc) is 0.918. The van der Waals surface area contributed by atoms with E-state index in [0.717, 1.165) is 15.2 Å². The van der Waals surface area contributed by atoms with Crippen molar-refractivity contribution in [3.8, 4) is 0 Å². The summed E-state index contributed by atoms with van der Waals surface area (Å²) in [5, 5.41) is 0. The molecule has 0 aromatic carbocycles. The van der Waals surface area contributed by atoms with Crippen LogP contribution in [0.15, 0.2) is 0 Å². The third kappa shape index (κ3) is 12.3. The van der Waals surface area contributed by atoms with Crippen molar-refractivity contribution in [3.05, 3.63) is 0 Å². The molecule has 0 N–H and O–H groups in total. The van der Waals surface area contributed by atoms with E-state index in [9.17, 15) is 0 Å². The summed E-state index contributed by atoms with van der Waals surface area (Å²) >= 11 is 0.750. The van der Waals surface area contributed by atoms with Gasteiger partial charge in [0.25, 0.3) is 0 Å². The van der Waals surface area contributed by atoms with Crippen LogP contribution in [0.3, 0.4) is 0 Å². The highest BCUT2D eigenvalue weighted by molar-refractivity contribution is 6.92. The van der Waals surface area contributed by atoms with Crippen LogP contribution in [0.2, 0.25) is 11.6 Å². The predicted octanol–water partition coefficient (Wildman–Crippen LogP) is 0.845. The van der Waals surface area contributed by atoms with Gasteiger partial charge in [-0.25, -0.2) is 0 Å². The third-order valence-corrected chi connectivity index (χ3v) is 0. The lowest BCUT2D eigenvalue weighted by molar-refractivity contribution is 2.14. The molecule has 1 atom stereocenters. The Labute approximate surface area is 37.3 Å². The highest BCUT2D eigenvalue weighted by Crippen LogP contribution is 1.36. The van der Waals surface area contributed by atoms with Gasteiger partial charge in [-0.1, -0.05) is 0 Å². The zero-order chi connectivity index (χ0) is 2.71. The molecule has 1 unspecified atom stereocenters. The second-order valence-corrected chi connectivity index (χ2v) is 1.73. The molecule has 2 heteroatoms. The van der Waals surface area contributed by atoms with Crippen LogP contribution in [0, 0.1) is 0 Å². The molecular weight excluding hydrogens is 82.0 g/mol. The van der Waals surface area contributed by atoms with Crippen molar-refractivity contribution in [1.29, 1.82) is 0 Å². The highest BCUT2D eigenvalue weighted by atomic mass is 31.0. The molecular formula is C2H9AlP. The summed E-state index contributed by atoms with van der Waals surface area (Å²) < 4.78 is 0. The Balaban J connectivity index is 0. The quantitative estimate of drug-likeness (QED) is 0.306. The van der Waals surface area contributed by atoms with Crippen molar-refractivity contribution in [1.82, 2.24) is 0 Å². The van der Waals surface area contributed by atoms with Crippen LogP contribution in [-0.4, -0.2) is 15.2 Å². The Bertz CT molecular complexity index is 6.00. The fourth-order valence-corrected chi connectivity index (χ4v) is 0. The lowest BCUT2D eigenvalue weighted by Gasteiger charge is -1.38. The minimum Gasteiger partial charge on any atom is -0.153 e. The van der Waals surface area contributed by atoms with Gasteiger partial charge in [-0.3, -0.25) is 0 Å². The van der Waals surface area contributed by atoms with Gasteiger partial charge in [0, 0.05) is 0 Å². The van der Waals surface area contributed by atoms with Gasteiger partial charge >= 0.3 is 0 Å². The van der Waals surface area contributed by atoms with Gasteiger partial charge in [-0.15, -0.1) is 11.6 Å². The van der Waals surface area contributed by atoms with Crippen molar-refractivity contribution in [3.63, 3.8) is 0 Å². The maximum Gasteiger partial charge on any atom is 0.191 e. The van der Waals surface area contributed by atoms with Gasteiger partial charge < -0.3 is 0 Å². The van der Waals surface area contributed by atoms with E-state index in [-0.39, 0.29) is 9.90 Å². The number of hydrogen-bond donors (Lipinski definition) is 0. The van der Waals surface area contributed by atoms with Gasteiger partial charge in [0.05, 0.1) is 0 Å². The highest BCUT2D eigenvalue weighted by Gasteiger charge is 1.46. The first-order valence-electron chi connectivity index (χ1n) is 1.15. The molecule has 0 aliphatic heterocycles. The maximum absolute atomic E-state index is 2.21. The van der Waals surface area contributed by atoms with Gasteiger partial charge in [-0.05, 0) is 0 Å². The molecule has 0 nitrogen and oxygen atoms in total. The number of hydrogen-bond acceptors (Lipinski definition) is 0. The first kappa shape index (κ1) is 8.88. The molecule has 1 radical (unpaired) electrons. The Hall–Kier alpha value is 0.962. The van der Waals surface area contributed by atoms with Crippen LogP contribution in [0.5, 0.6) is 0 Å². The smallest absolute Gasteiger partial charge is 0.153 e. The summed E-state index contributed by atoms with van der Waals surface area (Å²) in [7, 11) is 0. The summed E-state index contributed by atoms with van der Waals surface area (Å²) in [6.07, 6.45) is 0. The normalized spacial score (nSPS) is 3.50. The molecule has 0 aromatic heterocycles. The fourth-order valence-electron chi connectivity index (χ4n) is 0. The first-order valence-corrected chi connectivity index (χ1v) is 3.46. The summed E-state index contributed by atoms with van der Waals surface area (Å²) in [5.74, 6) is 4.42. The fraction of sp³-hybridized carbons (Fsp3) is 1.00. The molecule has 0 aliphatic carbocycles. The van der Waals surface area contributed by atoms with Crippen molar-refractivity contribution < 1.29 is 0 Å². The lowest BCUT2D eigenvalue weighted by Crippen LogP contribution is -1.53. The standard InChI is InChI=1S/2CH3.Al.H3P/h2*1H3;;1H3. The van der Waals surface area contributed by atoms with E-state index in [1.54, 1.807) is 0 Å². The van der Waals surface area contributed by atoms with Crippen molar-refractivity contribution in [2.75, 3.05) is 0 Å². The molecule has 0 saturated heterocycles. The van der Waals surface area contributed by atoms with Crippen molar-refractivity contribution >= 4 is 25.1 Å². The SMILES string of the molecule is P.[CH3][Al][CH3]. The van der Waals surface area contributed by atoms with E-state index < -0.39 is 0 Å². The van der Waals surface area contributed by atoms with E-state index in [4.69, 9.17) is 0 Å². The Kier molecular flexibility index (Phi) is 20.0. The molecule has 0 rings (SSSR count). The van der Waals surface area contributed by atoms with Crippen LogP contribution < -0.4 is 0 Å². The molecule has 0 amide bonds. The van der Waals surface area contributed by atoms with Crippen molar-refractivity contribution in [2.45, 2.75) is 11.6 Å². The van der Waals surface area contributed by atoms with E-state index in [2.05, 4.69) is 11.6 Å². The van der Waals surface area contributed by atoms with Gasteiger partial charge in [0.15, 0.2) is 15.2 Å². The Morgan fingerprint density at radius 2 is 1.25 bits per heavy atom. The first-order chi connectivity index (χ1) is 1.41. The minimum atomic E-state index is 0. The van der Waals surface area contributed by atoms with Gasteiger partial charge in [0.2, 0.25) is 0 Å². The van der Waals surface area contributed by atoms with E-state index in [0.29, 0.717) is 0 Å². The lowest BCUT2D eigenvalue weighted by atomic mass is 11.9. The molecule has 4 heavy (non-hydrogen) atoms. The molecule has 0 spiro atoms. The van der Waals surface area contributed by atoms with Crippen LogP contribution in [0.25, 0.3) is 0 Å². The minimum absolute atomic E-state index is 0. The van der Waals surface area contributed by atoms with Crippen LogP contribution >= 0.6 is 9.90 Å². The maximum atomic E-state index is 2.21. The Morgan fingerprint density at radius 3 is 1.25 bits per heavy atom. The summed E-state index contributed by atoms with van der Waals surface area (Å²) in [5.41, 5.74) is 0. The van der Waals surface area contributed by atoms with Crippen molar-refractivity contribution in [2.24, 2.45) is 0 Å². The topological polar surface area (TPSA) is 0 Å². The van der Waals surface area contributed by atoms with Gasteiger partial charge in [0.1, 0.15) is 0 Å².